The van der Waals surface area contributed by atoms with Gasteiger partial charge in [0.1, 0.15) is 0 Å². The molecule has 0 amide bonds. The number of benzene rings is 2. The summed E-state index contributed by atoms with van der Waals surface area (Å²) in [4.78, 5) is 6.91. The Morgan fingerprint density at radius 3 is 1.15 bits per heavy atom. The number of fused-ring (bicyclic) bond motifs is 1. The van der Waals surface area contributed by atoms with E-state index in [-0.39, 0.29) is 0 Å². The molecule has 4 nitrogen and oxygen atoms in total. The lowest BCUT2D eigenvalue weighted by Gasteiger charge is -2.16. The fourth-order valence-electron chi connectivity index (χ4n) is 2.52. The van der Waals surface area contributed by atoms with Gasteiger partial charge < -0.3 is 10.8 Å². The van der Waals surface area contributed by atoms with E-state index in [9.17, 15) is 26.3 Å². The van der Waals surface area contributed by atoms with Gasteiger partial charge in [-0.1, -0.05) is 0 Å². The van der Waals surface area contributed by atoms with Gasteiger partial charge >= 0.3 is 0 Å². The lowest BCUT2D eigenvalue weighted by molar-refractivity contribution is 0.417. The number of nitrogens with zero attached hydrogens (tertiary/aromatic N) is 2. The largest absolute Gasteiger partial charge is 0.306 e. The van der Waals surface area contributed by atoms with Crippen molar-refractivity contribution in [2.24, 2.45) is 9.98 Å². The Morgan fingerprint density at radius 2 is 0.923 bits per heavy atom. The van der Waals surface area contributed by atoms with Crippen LogP contribution in [0, 0.1) is 45.7 Å². The molecule has 2 aromatic rings. The van der Waals surface area contributed by atoms with E-state index in [1.165, 1.54) is 0 Å². The van der Waals surface area contributed by atoms with E-state index < -0.39 is 68.2 Å². The molecule has 2 rings (SSSR count). The van der Waals surface area contributed by atoms with Gasteiger partial charge in [-0.3, -0.25) is 9.98 Å². The van der Waals surface area contributed by atoms with E-state index in [0.29, 0.717) is 12.4 Å². The van der Waals surface area contributed by atoms with Gasteiger partial charge in [0.15, 0.2) is 34.9 Å². The summed E-state index contributed by atoms with van der Waals surface area (Å²) in [5, 5.41) is 12.1. The Morgan fingerprint density at radius 1 is 0.615 bits per heavy atom. The van der Waals surface area contributed by atoms with Gasteiger partial charge in [0.05, 0.1) is 22.6 Å². The number of aliphatic imine (C=N–C) groups is 2. The van der Waals surface area contributed by atoms with E-state index in [0.717, 1.165) is 14.1 Å². The minimum absolute atomic E-state index is 0.418. The molecule has 0 aliphatic heterocycles. The maximum absolute atomic E-state index is 14.6. The zero-order chi connectivity index (χ0) is 19.8. The zero-order valence-corrected chi connectivity index (χ0v) is 13.3. The molecule has 26 heavy (non-hydrogen) atoms. The molecule has 0 saturated heterocycles. The molecule has 0 atom stereocenters. The second-order valence-electron chi connectivity index (χ2n) is 4.89. The Labute approximate surface area is 142 Å². The quantitative estimate of drug-likeness (QED) is 0.355. The molecule has 10 heteroatoms. The third kappa shape index (κ3) is 2.57. The molecule has 0 aliphatic carbocycles. The molecule has 0 fully saturated rings. The predicted molar refractivity (Wildman–Crippen MR) is 86.2 cm³/mol. The van der Waals surface area contributed by atoms with E-state index in [1.807, 2.05) is 0 Å². The molecule has 0 unspecified atom stereocenters. The van der Waals surface area contributed by atoms with Gasteiger partial charge in [-0.25, -0.2) is 26.3 Å². The number of halogens is 6. The highest BCUT2D eigenvalue weighted by molar-refractivity contribution is 6.43. The number of hydrogen-bond acceptors (Lipinski definition) is 4. The van der Waals surface area contributed by atoms with Crippen molar-refractivity contribution in [2.75, 3.05) is 14.1 Å². The summed E-state index contributed by atoms with van der Waals surface area (Å²) < 4.78 is 85.4. The average Bonchev–Trinajstić information content (AvgIpc) is 2.64. The second kappa shape index (κ2) is 7.06. The van der Waals surface area contributed by atoms with Crippen LogP contribution in [0.1, 0.15) is 11.1 Å². The van der Waals surface area contributed by atoms with Crippen LogP contribution in [0.5, 0.6) is 0 Å². The topological polar surface area (TPSA) is 72.4 Å². The molecule has 0 saturated carbocycles. The standard InChI is InChI=1S/C16H10F6N4/c1-25-5(3-23)7-9-10(14(20)16(22)15(21)13(9)19)8(6(4-24)26-2)12(18)11(7)17/h3-4,23-24H,1-2H3/b23-3?,24-4?,25-5-,26-6-. The van der Waals surface area contributed by atoms with Crippen molar-refractivity contribution >= 4 is 34.6 Å². The Bertz CT molecular complexity index is 930. The molecular formula is C16H10F6N4. The first kappa shape index (κ1) is 19.3. The van der Waals surface area contributed by atoms with Crippen LogP contribution >= 0.6 is 0 Å². The summed E-state index contributed by atoms with van der Waals surface area (Å²) >= 11 is 0. The fourth-order valence-corrected chi connectivity index (χ4v) is 2.52. The van der Waals surface area contributed by atoms with Crippen molar-refractivity contribution in [3.8, 4) is 0 Å². The first-order valence-electron chi connectivity index (χ1n) is 6.88. The molecule has 0 spiro atoms. The molecule has 0 radical (unpaired) electrons. The Hall–Kier alpha value is -3.04. The van der Waals surface area contributed by atoms with Crippen LogP contribution in [0.3, 0.4) is 0 Å². The smallest absolute Gasteiger partial charge is 0.198 e. The molecule has 0 aliphatic rings. The predicted octanol–water partition coefficient (Wildman–Crippen LogP) is 3.81. The summed E-state index contributed by atoms with van der Waals surface area (Å²) in [6.07, 6.45) is 0.835. The Kier molecular flexibility index (Phi) is 5.24. The van der Waals surface area contributed by atoms with E-state index in [2.05, 4.69) is 9.98 Å². The van der Waals surface area contributed by atoms with E-state index in [4.69, 9.17) is 10.8 Å². The third-order valence-electron chi connectivity index (χ3n) is 3.67. The van der Waals surface area contributed by atoms with Crippen LogP contribution in [0.4, 0.5) is 26.3 Å². The summed E-state index contributed by atoms with van der Waals surface area (Å²) in [5.74, 6) is -12.0. The molecule has 2 N–H and O–H groups in total. The summed E-state index contributed by atoms with van der Waals surface area (Å²) in [7, 11) is 2.12. The fraction of sp³-hybridized carbons (Fsp3) is 0.125. The van der Waals surface area contributed by atoms with Crippen LogP contribution in [0.25, 0.3) is 10.8 Å². The molecule has 0 heterocycles. The van der Waals surface area contributed by atoms with Crippen LogP contribution in [0.2, 0.25) is 0 Å². The van der Waals surface area contributed by atoms with Crippen molar-refractivity contribution in [1.29, 1.82) is 10.8 Å². The van der Waals surface area contributed by atoms with Crippen LogP contribution in [0.15, 0.2) is 9.98 Å². The highest BCUT2D eigenvalue weighted by atomic mass is 19.2. The van der Waals surface area contributed by atoms with Gasteiger partial charge in [0.2, 0.25) is 0 Å². The van der Waals surface area contributed by atoms with Gasteiger partial charge in [0, 0.05) is 37.3 Å². The van der Waals surface area contributed by atoms with Crippen molar-refractivity contribution in [2.45, 2.75) is 0 Å². The summed E-state index contributed by atoms with van der Waals surface area (Å²) in [6, 6.07) is 0. The van der Waals surface area contributed by atoms with Gasteiger partial charge in [0.25, 0.3) is 0 Å². The van der Waals surface area contributed by atoms with E-state index in [1.54, 1.807) is 0 Å². The zero-order valence-electron chi connectivity index (χ0n) is 13.3. The monoisotopic (exact) mass is 372 g/mol. The van der Waals surface area contributed by atoms with Crippen LogP contribution in [-0.2, 0) is 0 Å². The second-order valence-corrected chi connectivity index (χ2v) is 4.89. The molecular weight excluding hydrogens is 362 g/mol. The van der Waals surface area contributed by atoms with Crippen molar-refractivity contribution < 1.29 is 26.3 Å². The number of rotatable bonds is 4. The molecule has 0 bridgehead atoms. The highest BCUT2D eigenvalue weighted by Gasteiger charge is 2.32. The van der Waals surface area contributed by atoms with Crippen molar-refractivity contribution in [1.82, 2.24) is 0 Å². The molecule has 136 valence electrons. The minimum Gasteiger partial charge on any atom is -0.306 e. The number of nitrogens with one attached hydrogen (secondary N) is 2. The first-order chi connectivity index (χ1) is 12.3. The normalized spacial score (nSPS) is 12.6. The third-order valence-corrected chi connectivity index (χ3v) is 3.67. The molecule has 2 aromatic carbocycles. The maximum atomic E-state index is 14.6. The summed E-state index contributed by atoms with van der Waals surface area (Å²) in [5.41, 5.74) is -3.36. The minimum atomic E-state index is -2.24. The van der Waals surface area contributed by atoms with Gasteiger partial charge in [-0.15, -0.1) is 0 Å². The molecule has 0 aromatic heterocycles. The lowest BCUT2D eigenvalue weighted by atomic mass is 9.92. The lowest BCUT2D eigenvalue weighted by Crippen LogP contribution is -2.17. The van der Waals surface area contributed by atoms with Crippen molar-refractivity contribution in [3.05, 3.63) is 46.0 Å². The van der Waals surface area contributed by atoms with Gasteiger partial charge in [-0.05, 0) is 0 Å². The first-order valence-corrected chi connectivity index (χ1v) is 6.88. The van der Waals surface area contributed by atoms with Gasteiger partial charge in [-0.2, -0.15) is 0 Å². The number of hydrogen-bond donors (Lipinski definition) is 2. The average molecular weight is 372 g/mol. The Balaban J connectivity index is 3.36. The van der Waals surface area contributed by atoms with Crippen LogP contribution < -0.4 is 0 Å². The highest BCUT2D eigenvalue weighted by Crippen LogP contribution is 2.36. The van der Waals surface area contributed by atoms with E-state index >= 15 is 0 Å². The maximum Gasteiger partial charge on any atom is 0.198 e. The summed E-state index contributed by atoms with van der Waals surface area (Å²) in [6.45, 7) is 0. The van der Waals surface area contributed by atoms with Crippen molar-refractivity contribution in [3.63, 3.8) is 0 Å². The van der Waals surface area contributed by atoms with Crippen LogP contribution in [-0.4, -0.2) is 37.9 Å². The SMILES string of the molecule is C/N=C(/C=N)c1c(F)c(F)c(/C(C=N)=N\C)c2c(F)c(F)c(F)c(F)c12.